The first kappa shape index (κ1) is 15.0. The summed E-state index contributed by atoms with van der Waals surface area (Å²) in [6.45, 7) is 4.21. The maximum absolute atomic E-state index is 13.0. The summed E-state index contributed by atoms with van der Waals surface area (Å²) >= 11 is 0. The van der Waals surface area contributed by atoms with Crippen LogP contribution in [0.4, 0.5) is 5.69 Å². The number of hydrogen-bond acceptors (Lipinski definition) is 4. The molecule has 0 saturated carbocycles. The second kappa shape index (κ2) is 6.44. The minimum atomic E-state index is -0.130. The van der Waals surface area contributed by atoms with Crippen LogP contribution in [0, 0.1) is 13.8 Å². The van der Waals surface area contributed by atoms with E-state index in [0.717, 1.165) is 16.8 Å². The van der Waals surface area contributed by atoms with E-state index in [0.29, 0.717) is 17.8 Å². The van der Waals surface area contributed by atoms with Crippen LogP contribution >= 0.6 is 0 Å². The molecule has 0 saturated heterocycles. The molecule has 0 radical (unpaired) electrons. The highest BCUT2D eigenvalue weighted by atomic mass is 16.5. The van der Waals surface area contributed by atoms with E-state index in [1.54, 1.807) is 24.2 Å². The van der Waals surface area contributed by atoms with Gasteiger partial charge in [0.25, 0.3) is 5.91 Å². The molecule has 2 aromatic heterocycles. The third-order valence-corrected chi connectivity index (χ3v) is 3.72. The van der Waals surface area contributed by atoms with Crippen molar-refractivity contribution in [1.29, 1.82) is 0 Å². The summed E-state index contributed by atoms with van der Waals surface area (Å²) in [5, 5.41) is 3.81. The van der Waals surface area contributed by atoms with Crippen LogP contribution < -0.4 is 4.90 Å². The van der Waals surface area contributed by atoms with Gasteiger partial charge >= 0.3 is 0 Å². The normalized spacial score (nSPS) is 10.5. The summed E-state index contributed by atoms with van der Waals surface area (Å²) in [6, 6.07) is 11.6. The van der Waals surface area contributed by atoms with Gasteiger partial charge in [-0.2, -0.15) is 0 Å². The lowest BCUT2D eigenvalue weighted by molar-refractivity contribution is 0.0984. The van der Waals surface area contributed by atoms with Crippen molar-refractivity contribution in [1.82, 2.24) is 10.1 Å². The van der Waals surface area contributed by atoms with Gasteiger partial charge in [0.15, 0.2) is 0 Å². The molecule has 1 amide bonds. The summed E-state index contributed by atoms with van der Waals surface area (Å²) in [6.07, 6.45) is 4.84. The number of benzene rings is 1. The molecule has 0 atom stereocenters. The van der Waals surface area contributed by atoms with Gasteiger partial charge in [0.1, 0.15) is 11.8 Å². The summed E-state index contributed by atoms with van der Waals surface area (Å²) in [5.74, 6) is -0.130. The molecule has 0 fully saturated rings. The highest BCUT2D eigenvalue weighted by Gasteiger charge is 2.23. The molecule has 0 aliphatic rings. The number of pyridine rings is 1. The average molecular weight is 307 g/mol. The number of amides is 1. The number of aryl methyl sites for hydroxylation is 2. The van der Waals surface area contributed by atoms with Crippen molar-refractivity contribution in [3.63, 3.8) is 0 Å². The largest absolute Gasteiger partial charge is 0.364 e. The van der Waals surface area contributed by atoms with Gasteiger partial charge in [0.2, 0.25) is 0 Å². The van der Waals surface area contributed by atoms with Gasteiger partial charge in [-0.25, -0.2) is 0 Å². The second-order valence-electron chi connectivity index (χ2n) is 5.35. The fraction of sp³-hybridized carbons (Fsp3) is 0.167. The number of anilines is 1. The van der Waals surface area contributed by atoms with Gasteiger partial charge < -0.3 is 9.42 Å². The van der Waals surface area contributed by atoms with Gasteiger partial charge in [-0.05, 0) is 43.2 Å². The molecule has 23 heavy (non-hydrogen) atoms. The highest BCUT2D eigenvalue weighted by molar-refractivity contribution is 6.06. The molecule has 0 N–H and O–H groups in total. The minimum Gasteiger partial charge on any atom is -0.364 e. The average Bonchev–Trinajstić information content (AvgIpc) is 3.00. The van der Waals surface area contributed by atoms with Crippen molar-refractivity contribution in [3.05, 3.63) is 77.4 Å². The summed E-state index contributed by atoms with van der Waals surface area (Å²) in [4.78, 5) is 18.8. The van der Waals surface area contributed by atoms with E-state index in [9.17, 15) is 4.79 Å². The van der Waals surface area contributed by atoms with E-state index < -0.39 is 0 Å². The topological polar surface area (TPSA) is 59.2 Å². The highest BCUT2D eigenvalue weighted by Crippen LogP contribution is 2.24. The Morgan fingerprint density at radius 2 is 1.87 bits per heavy atom. The lowest BCUT2D eigenvalue weighted by Crippen LogP contribution is -2.31. The Morgan fingerprint density at radius 3 is 2.52 bits per heavy atom. The van der Waals surface area contributed by atoms with E-state index in [4.69, 9.17) is 4.52 Å². The second-order valence-corrected chi connectivity index (χ2v) is 5.35. The third-order valence-electron chi connectivity index (χ3n) is 3.72. The Morgan fingerprint density at radius 1 is 1.13 bits per heavy atom. The fourth-order valence-corrected chi connectivity index (χ4v) is 2.45. The number of para-hydroxylation sites is 1. The first-order chi connectivity index (χ1) is 11.2. The molecular formula is C18H17N3O2. The predicted molar refractivity (Wildman–Crippen MR) is 87.2 cm³/mol. The summed E-state index contributed by atoms with van der Waals surface area (Å²) in [7, 11) is 0. The molecule has 5 heteroatoms. The smallest absolute Gasteiger partial charge is 0.263 e. The Balaban J connectivity index is 2.02. The molecule has 0 bridgehead atoms. The number of carbonyl (C=O) groups excluding carboxylic acids is 1. The molecule has 0 aliphatic heterocycles. The zero-order valence-electron chi connectivity index (χ0n) is 13.1. The Kier molecular flexibility index (Phi) is 4.19. The van der Waals surface area contributed by atoms with Gasteiger partial charge in [0.05, 0.1) is 12.2 Å². The number of carbonyl (C=O) groups is 1. The zero-order valence-corrected chi connectivity index (χ0v) is 13.1. The Labute approximate surface area is 134 Å². The maximum atomic E-state index is 13.0. The van der Waals surface area contributed by atoms with E-state index in [2.05, 4.69) is 10.1 Å². The molecule has 5 nitrogen and oxygen atoms in total. The fourth-order valence-electron chi connectivity index (χ4n) is 2.45. The SMILES string of the molecule is Cc1ccccc1N(Cc1ccncc1)C(=O)c1conc1C. The molecule has 3 aromatic rings. The standard InChI is InChI=1S/C18H17N3O2/c1-13-5-3-4-6-17(13)21(11-15-7-9-19-10-8-15)18(22)16-12-23-20-14(16)2/h3-10,12H,11H2,1-2H3. The number of hydrogen-bond donors (Lipinski definition) is 0. The first-order valence-electron chi connectivity index (χ1n) is 7.34. The van der Waals surface area contributed by atoms with E-state index in [1.165, 1.54) is 6.26 Å². The number of aromatic nitrogens is 2. The molecule has 0 unspecified atom stereocenters. The van der Waals surface area contributed by atoms with Crippen LogP contribution in [0.3, 0.4) is 0 Å². The molecule has 116 valence electrons. The van der Waals surface area contributed by atoms with Gasteiger partial charge in [-0.1, -0.05) is 23.4 Å². The Bertz CT molecular complexity index is 812. The summed E-state index contributed by atoms with van der Waals surface area (Å²) < 4.78 is 4.93. The van der Waals surface area contributed by atoms with E-state index in [1.807, 2.05) is 43.3 Å². The molecule has 1 aromatic carbocycles. The van der Waals surface area contributed by atoms with E-state index in [-0.39, 0.29) is 5.91 Å². The van der Waals surface area contributed by atoms with Crippen LogP contribution in [0.5, 0.6) is 0 Å². The van der Waals surface area contributed by atoms with Crippen molar-refractivity contribution >= 4 is 11.6 Å². The Hall–Kier alpha value is -2.95. The zero-order chi connectivity index (χ0) is 16.2. The molecule has 0 spiro atoms. The van der Waals surface area contributed by atoms with Crippen molar-refractivity contribution in [2.45, 2.75) is 20.4 Å². The number of nitrogens with zero attached hydrogens (tertiary/aromatic N) is 3. The van der Waals surface area contributed by atoms with Crippen LogP contribution in [-0.4, -0.2) is 16.0 Å². The molecular weight excluding hydrogens is 290 g/mol. The minimum absolute atomic E-state index is 0.130. The van der Waals surface area contributed by atoms with Gasteiger partial charge in [-0.15, -0.1) is 0 Å². The van der Waals surface area contributed by atoms with Crippen LogP contribution in [-0.2, 0) is 6.54 Å². The van der Waals surface area contributed by atoms with Crippen LogP contribution in [0.2, 0.25) is 0 Å². The lowest BCUT2D eigenvalue weighted by atomic mass is 10.1. The van der Waals surface area contributed by atoms with Gasteiger partial charge in [0, 0.05) is 18.1 Å². The van der Waals surface area contributed by atoms with Crippen LogP contribution in [0.15, 0.2) is 59.6 Å². The van der Waals surface area contributed by atoms with Crippen LogP contribution in [0.25, 0.3) is 0 Å². The predicted octanol–water partition coefficient (Wildman–Crippen LogP) is 3.53. The quantitative estimate of drug-likeness (QED) is 0.740. The molecule has 2 heterocycles. The summed E-state index contributed by atoms with van der Waals surface area (Å²) in [5.41, 5.74) is 3.97. The monoisotopic (exact) mass is 307 g/mol. The van der Waals surface area contributed by atoms with Crippen molar-refractivity contribution in [3.8, 4) is 0 Å². The van der Waals surface area contributed by atoms with Crippen LogP contribution in [0.1, 0.15) is 27.2 Å². The van der Waals surface area contributed by atoms with Gasteiger partial charge in [-0.3, -0.25) is 9.78 Å². The van der Waals surface area contributed by atoms with Crippen molar-refractivity contribution in [2.24, 2.45) is 0 Å². The molecule has 0 aliphatic carbocycles. The van der Waals surface area contributed by atoms with E-state index >= 15 is 0 Å². The lowest BCUT2D eigenvalue weighted by Gasteiger charge is -2.24. The number of rotatable bonds is 4. The maximum Gasteiger partial charge on any atom is 0.263 e. The van der Waals surface area contributed by atoms with Crippen molar-refractivity contribution < 1.29 is 9.32 Å². The van der Waals surface area contributed by atoms with Crippen molar-refractivity contribution in [2.75, 3.05) is 4.90 Å². The third kappa shape index (κ3) is 3.13. The molecule has 3 rings (SSSR count). The first-order valence-corrected chi connectivity index (χ1v) is 7.34.